The molecular weight excluding hydrogens is 238 g/mol. The van der Waals surface area contributed by atoms with Crippen molar-refractivity contribution >= 4 is 10.1 Å². The van der Waals surface area contributed by atoms with E-state index in [1.165, 1.54) is 19.3 Å². The molecule has 1 rings (SSSR count). The molecule has 1 saturated heterocycles. The van der Waals surface area contributed by atoms with Crippen molar-refractivity contribution in [2.75, 3.05) is 32.0 Å². The fourth-order valence-corrected chi connectivity index (χ4v) is 2.66. The minimum atomic E-state index is -3.36. The van der Waals surface area contributed by atoms with Crippen LogP contribution in [0.3, 0.4) is 0 Å². The van der Waals surface area contributed by atoms with Gasteiger partial charge in [0, 0.05) is 6.54 Å². The Morgan fingerprint density at radius 3 is 2.47 bits per heavy atom. The average Bonchev–Trinajstić information content (AvgIpc) is 2.27. The molecular formula is C12H23NO3S. The molecule has 1 aliphatic heterocycles. The third-order valence-electron chi connectivity index (χ3n) is 2.85. The van der Waals surface area contributed by atoms with Gasteiger partial charge < -0.3 is 4.90 Å². The molecule has 0 atom stereocenters. The minimum absolute atomic E-state index is 0.101. The SMILES string of the molecule is CC(C)=CCOS(=O)(=O)CCN1CCCCC1. The summed E-state index contributed by atoms with van der Waals surface area (Å²) in [5.41, 5.74) is 1.07. The maximum Gasteiger partial charge on any atom is 0.268 e. The highest BCUT2D eigenvalue weighted by molar-refractivity contribution is 7.86. The van der Waals surface area contributed by atoms with Gasteiger partial charge in [-0.25, -0.2) is 0 Å². The molecule has 100 valence electrons. The molecule has 0 aromatic rings. The van der Waals surface area contributed by atoms with Crippen LogP contribution in [0.25, 0.3) is 0 Å². The molecule has 1 fully saturated rings. The van der Waals surface area contributed by atoms with Crippen LogP contribution < -0.4 is 0 Å². The monoisotopic (exact) mass is 261 g/mol. The lowest BCUT2D eigenvalue weighted by Crippen LogP contribution is -2.34. The van der Waals surface area contributed by atoms with Gasteiger partial charge in [-0.05, 0) is 39.8 Å². The van der Waals surface area contributed by atoms with E-state index in [1.54, 1.807) is 6.08 Å². The fraction of sp³-hybridized carbons (Fsp3) is 0.833. The first-order chi connectivity index (χ1) is 7.99. The highest BCUT2D eigenvalue weighted by atomic mass is 32.2. The minimum Gasteiger partial charge on any atom is -0.302 e. The molecule has 1 heterocycles. The summed E-state index contributed by atoms with van der Waals surface area (Å²) < 4.78 is 28.1. The van der Waals surface area contributed by atoms with E-state index >= 15 is 0 Å². The van der Waals surface area contributed by atoms with E-state index in [-0.39, 0.29) is 12.4 Å². The van der Waals surface area contributed by atoms with Crippen LogP contribution in [0.2, 0.25) is 0 Å². The second-order valence-corrected chi connectivity index (χ2v) is 6.49. The van der Waals surface area contributed by atoms with E-state index in [0.717, 1.165) is 18.7 Å². The van der Waals surface area contributed by atoms with Crippen LogP contribution in [-0.2, 0) is 14.3 Å². The first-order valence-electron chi connectivity index (χ1n) is 6.22. The standard InChI is InChI=1S/C12H23NO3S/c1-12(2)6-10-16-17(14,15)11-9-13-7-4-3-5-8-13/h6H,3-5,7-11H2,1-2H3. The summed E-state index contributed by atoms with van der Waals surface area (Å²) in [5, 5.41) is 0. The van der Waals surface area contributed by atoms with Crippen LogP contribution in [0.4, 0.5) is 0 Å². The van der Waals surface area contributed by atoms with Crippen molar-refractivity contribution in [1.82, 2.24) is 4.90 Å². The highest BCUT2D eigenvalue weighted by Crippen LogP contribution is 2.08. The van der Waals surface area contributed by atoms with E-state index in [4.69, 9.17) is 4.18 Å². The molecule has 0 N–H and O–H groups in total. The topological polar surface area (TPSA) is 46.6 Å². The number of hydrogen-bond donors (Lipinski definition) is 0. The van der Waals surface area contributed by atoms with E-state index in [1.807, 2.05) is 13.8 Å². The summed E-state index contributed by atoms with van der Waals surface area (Å²) in [7, 11) is -3.36. The molecule has 0 saturated carbocycles. The smallest absolute Gasteiger partial charge is 0.268 e. The van der Waals surface area contributed by atoms with Gasteiger partial charge in [0.15, 0.2) is 0 Å². The Kier molecular flexibility index (Phi) is 6.16. The van der Waals surface area contributed by atoms with Gasteiger partial charge >= 0.3 is 0 Å². The predicted octanol–water partition coefficient (Wildman–Crippen LogP) is 1.78. The molecule has 0 radical (unpaired) electrons. The Bertz CT molecular complexity index is 339. The molecule has 5 heteroatoms. The maximum atomic E-state index is 11.6. The molecule has 0 bridgehead atoms. The zero-order chi connectivity index (χ0) is 12.7. The van der Waals surface area contributed by atoms with E-state index in [9.17, 15) is 8.42 Å². The number of nitrogens with zero attached hydrogens (tertiary/aromatic N) is 1. The Hall–Kier alpha value is -0.390. The number of rotatable bonds is 6. The Balaban J connectivity index is 2.26. The second kappa shape index (κ2) is 7.13. The molecule has 1 aliphatic rings. The zero-order valence-corrected chi connectivity index (χ0v) is 11.6. The van der Waals surface area contributed by atoms with Crippen molar-refractivity contribution in [1.29, 1.82) is 0 Å². The molecule has 0 unspecified atom stereocenters. The van der Waals surface area contributed by atoms with Gasteiger partial charge in [0.25, 0.3) is 10.1 Å². The lowest BCUT2D eigenvalue weighted by Gasteiger charge is -2.25. The molecule has 0 aromatic heterocycles. The third-order valence-corrected chi connectivity index (χ3v) is 4.02. The van der Waals surface area contributed by atoms with Crippen molar-refractivity contribution in [3.63, 3.8) is 0 Å². The molecule has 17 heavy (non-hydrogen) atoms. The first-order valence-corrected chi connectivity index (χ1v) is 7.80. The van der Waals surface area contributed by atoms with E-state index in [2.05, 4.69) is 4.90 Å². The summed E-state index contributed by atoms with van der Waals surface area (Å²) in [6.45, 7) is 6.63. The average molecular weight is 261 g/mol. The van der Waals surface area contributed by atoms with Crippen LogP contribution in [0.1, 0.15) is 33.1 Å². The summed E-state index contributed by atoms with van der Waals surface area (Å²) in [4.78, 5) is 2.20. The first kappa shape index (κ1) is 14.7. The van der Waals surface area contributed by atoms with Gasteiger partial charge in [-0.15, -0.1) is 0 Å². The molecule has 0 aliphatic carbocycles. The van der Waals surface area contributed by atoms with E-state index in [0.29, 0.717) is 6.54 Å². The van der Waals surface area contributed by atoms with E-state index < -0.39 is 10.1 Å². The van der Waals surface area contributed by atoms with Gasteiger partial charge in [-0.3, -0.25) is 4.18 Å². The van der Waals surface area contributed by atoms with Crippen molar-refractivity contribution < 1.29 is 12.6 Å². The van der Waals surface area contributed by atoms with Crippen LogP contribution in [-0.4, -0.2) is 45.3 Å². The lowest BCUT2D eigenvalue weighted by atomic mass is 10.1. The lowest BCUT2D eigenvalue weighted by molar-refractivity contribution is 0.238. The normalized spacial score (nSPS) is 18.0. The maximum absolute atomic E-state index is 11.6. The Morgan fingerprint density at radius 1 is 1.24 bits per heavy atom. The van der Waals surface area contributed by atoms with Gasteiger partial charge in [0.05, 0.1) is 12.4 Å². The van der Waals surface area contributed by atoms with Crippen molar-refractivity contribution in [2.45, 2.75) is 33.1 Å². The summed E-state index contributed by atoms with van der Waals surface area (Å²) in [5.74, 6) is 0.101. The summed E-state index contributed by atoms with van der Waals surface area (Å²) >= 11 is 0. The van der Waals surface area contributed by atoms with Crippen LogP contribution in [0, 0.1) is 0 Å². The Labute approximate surface area is 105 Å². The highest BCUT2D eigenvalue weighted by Gasteiger charge is 2.15. The number of allylic oxidation sites excluding steroid dienone is 1. The predicted molar refractivity (Wildman–Crippen MR) is 69.5 cm³/mol. The fourth-order valence-electron chi connectivity index (χ4n) is 1.79. The number of piperidine rings is 1. The number of likely N-dealkylation sites (tertiary alicyclic amines) is 1. The van der Waals surface area contributed by atoms with Crippen LogP contribution in [0.5, 0.6) is 0 Å². The quantitative estimate of drug-likeness (QED) is 0.540. The third kappa shape index (κ3) is 6.81. The van der Waals surface area contributed by atoms with Gasteiger partial charge in [-0.1, -0.05) is 18.1 Å². The van der Waals surface area contributed by atoms with Crippen LogP contribution in [0.15, 0.2) is 11.6 Å². The second-order valence-electron chi connectivity index (χ2n) is 4.73. The van der Waals surface area contributed by atoms with Crippen molar-refractivity contribution in [3.05, 3.63) is 11.6 Å². The van der Waals surface area contributed by atoms with Gasteiger partial charge in [0.2, 0.25) is 0 Å². The van der Waals surface area contributed by atoms with Crippen molar-refractivity contribution in [3.8, 4) is 0 Å². The molecule has 0 aromatic carbocycles. The molecule has 4 nitrogen and oxygen atoms in total. The largest absolute Gasteiger partial charge is 0.302 e. The van der Waals surface area contributed by atoms with Crippen LogP contribution >= 0.6 is 0 Å². The number of hydrogen-bond acceptors (Lipinski definition) is 4. The summed E-state index contributed by atoms with van der Waals surface area (Å²) in [6.07, 6.45) is 5.40. The Morgan fingerprint density at radius 2 is 1.88 bits per heavy atom. The zero-order valence-electron chi connectivity index (χ0n) is 10.8. The van der Waals surface area contributed by atoms with Gasteiger partial charge in [-0.2, -0.15) is 8.42 Å². The summed E-state index contributed by atoms with van der Waals surface area (Å²) in [6, 6.07) is 0. The molecule has 0 spiro atoms. The molecule has 0 amide bonds. The van der Waals surface area contributed by atoms with Crippen molar-refractivity contribution in [2.24, 2.45) is 0 Å². The van der Waals surface area contributed by atoms with Gasteiger partial charge in [0.1, 0.15) is 0 Å².